The fourth-order valence-electron chi connectivity index (χ4n) is 5.01. The number of aromatic nitrogens is 2. The Morgan fingerprint density at radius 1 is 1.00 bits per heavy atom. The molecule has 1 aromatic heterocycles. The smallest absolute Gasteiger partial charge is 0.247 e. The molecule has 8 heteroatoms. The summed E-state index contributed by atoms with van der Waals surface area (Å²) in [7, 11) is 0. The molecule has 3 aromatic carbocycles. The number of aryl methyl sites for hydroxylation is 1. The Morgan fingerprint density at radius 3 is 2.41 bits per heavy atom. The molecule has 4 aromatic rings. The highest BCUT2D eigenvalue weighted by Crippen LogP contribution is 2.30. The first kappa shape index (κ1) is 26.2. The predicted octanol–water partition coefficient (Wildman–Crippen LogP) is 5.76. The lowest BCUT2D eigenvalue weighted by Gasteiger charge is -2.24. The van der Waals surface area contributed by atoms with Crippen molar-refractivity contribution in [3.05, 3.63) is 108 Å². The van der Waals surface area contributed by atoms with E-state index in [1.807, 2.05) is 18.2 Å². The first-order valence-corrected chi connectivity index (χ1v) is 13.2. The molecule has 5 rings (SSSR count). The van der Waals surface area contributed by atoms with Gasteiger partial charge < -0.3 is 19.9 Å². The summed E-state index contributed by atoms with van der Waals surface area (Å²) in [6.07, 6.45) is 6.91. The SMILES string of the molecule is O=C(Nc1ccc(Oc2ccc(F)cc2)cc1)C1CC(CCCc2ccccc2)CN1C(=O)Cc1cnc[nH]1. The second-order valence-corrected chi connectivity index (χ2v) is 9.86. The Bertz CT molecular complexity index is 1360. The van der Waals surface area contributed by atoms with E-state index in [2.05, 4.69) is 27.4 Å². The van der Waals surface area contributed by atoms with Gasteiger partial charge in [0.2, 0.25) is 11.8 Å². The average Bonchev–Trinajstić information content (AvgIpc) is 3.62. The molecule has 0 saturated carbocycles. The average molecular weight is 527 g/mol. The molecule has 39 heavy (non-hydrogen) atoms. The monoisotopic (exact) mass is 526 g/mol. The number of H-pyrrole nitrogens is 1. The number of amides is 2. The fourth-order valence-corrected chi connectivity index (χ4v) is 5.01. The zero-order valence-electron chi connectivity index (χ0n) is 21.6. The quantitative estimate of drug-likeness (QED) is 0.275. The number of nitrogens with one attached hydrogen (secondary N) is 2. The van der Waals surface area contributed by atoms with Crippen molar-refractivity contribution in [2.24, 2.45) is 5.92 Å². The highest BCUT2D eigenvalue weighted by Gasteiger charge is 2.39. The van der Waals surface area contributed by atoms with E-state index in [0.717, 1.165) is 25.0 Å². The molecule has 1 saturated heterocycles. The number of hydrogen-bond donors (Lipinski definition) is 2. The number of aromatic amines is 1. The van der Waals surface area contributed by atoms with Crippen LogP contribution in [0.2, 0.25) is 0 Å². The largest absolute Gasteiger partial charge is 0.457 e. The Balaban J connectivity index is 1.21. The van der Waals surface area contributed by atoms with E-state index >= 15 is 0 Å². The first-order chi connectivity index (χ1) is 19.0. The van der Waals surface area contributed by atoms with Crippen molar-refractivity contribution in [3.8, 4) is 11.5 Å². The van der Waals surface area contributed by atoms with Gasteiger partial charge in [0, 0.05) is 24.1 Å². The lowest BCUT2D eigenvalue weighted by atomic mass is 9.97. The third-order valence-electron chi connectivity index (χ3n) is 7.00. The van der Waals surface area contributed by atoms with E-state index < -0.39 is 6.04 Å². The van der Waals surface area contributed by atoms with Crippen LogP contribution >= 0.6 is 0 Å². The first-order valence-electron chi connectivity index (χ1n) is 13.2. The fraction of sp³-hybridized carbons (Fsp3) is 0.258. The summed E-state index contributed by atoms with van der Waals surface area (Å²) in [5.74, 6) is 0.711. The van der Waals surface area contributed by atoms with Gasteiger partial charge >= 0.3 is 0 Å². The number of halogens is 1. The van der Waals surface area contributed by atoms with Crippen molar-refractivity contribution in [2.75, 3.05) is 11.9 Å². The van der Waals surface area contributed by atoms with E-state index in [0.29, 0.717) is 30.2 Å². The van der Waals surface area contributed by atoms with E-state index in [-0.39, 0.29) is 30.0 Å². The van der Waals surface area contributed by atoms with Gasteiger partial charge in [-0.1, -0.05) is 30.3 Å². The van der Waals surface area contributed by atoms with Gasteiger partial charge in [0.25, 0.3) is 0 Å². The van der Waals surface area contributed by atoms with Crippen LogP contribution in [-0.2, 0) is 22.4 Å². The maximum atomic E-state index is 13.4. The zero-order chi connectivity index (χ0) is 27.0. The molecule has 0 spiro atoms. The highest BCUT2D eigenvalue weighted by atomic mass is 19.1. The molecule has 200 valence electrons. The Hall–Kier alpha value is -4.46. The van der Waals surface area contributed by atoms with Crippen LogP contribution in [0.5, 0.6) is 11.5 Å². The molecule has 2 amide bonds. The van der Waals surface area contributed by atoms with Gasteiger partial charge in [-0.2, -0.15) is 0 Å². The number of hydrogen-bond acceptors (Lipinski definition) is 4. The van der Waals surface area contributed by atoms with Gasteiger partial charge in [0.1, 0.15) is 23.4 Å². The summed E-state index contributed by atoms with van der Waals surface area (Å²) >= 11 is 0. The Kier molecular flexibility index (Phi) is 8.31. The number of ether oxygens (including phenoxy) is 1. The molecule has 2 N–H and O–H groups in total. The minimum Gasteiger partial charge on any atom is -0.457 e. The normalized spacial score (nSPS) is 16.7. The zero-order valence-corrected chi connectivity index (χ0v) is 21.6. The number of carbonyl (C=O) groups excluding carboxylic acids is 2. The molecule has 7 nitrogen and oxygen atoms in total. The molecule has 1 fully saturated rings. The van der Waals surface area contributed by atoms with Crippen LogP contribution in [0.3, 0.4) is 0 Å². The van der Waals surface area contributed by atoms with E-state index in [9.17, 15) is 14.0 Å². The van der Waals surface area contributed by atoms with Crippen LogP contribution in [0, 0.1) is 11.7 Å². The number of benzene rings is 3. The lowest BCUT2D eigenvalue weighted by Crippen LogP contribution is -2.43. The molecule has 2 atom stereocenters. The summed E-state index contributed by atoms with van der Waals surface area (Å²) in [6.45, 7) is 0.560. The van der Waals surface area contributed by atoms with Gasteiger partial charge in [0.05, 0.1) is 12.7 Å². The summed E-state index contributed by atoms with van der Waals surface area (Å²) in [6, 6.07) is 22.6. The minimum atomic E-state index is -0.544. The van der Waals surface area contributed by atoms with Crippen LogP contribution in [0.1, 0.15) is 30.5 Å². The standard InChI is InChI=1S/C31H31FN4O3/c32-24-9-13-27(14-10-24)39-28-15-11-25(12-16-28)35-31(38)29-17-23(8-4-7-22-5-2-1-3-6-22)20-36(29)30(37)18-26-19-33-21-34-26/h1-3,5-6,9-16,19,21,23,29H,4,7-8,17-18,20H2,(H,33,34)(H,35,38). The van der Waals surface area contributed by atoms with Crippen molar-refractivity contribution in [2.45, 2.75) is 38.1 Å². The molecule has 2 unspecified atom stereocenters. The van der Waals surface area contributed by atoms with Gasteiger partial charge in [-0.3, -0.25) is 9.59 Å². The van der Waals surface area contributed by atoms with E-state index in [4.69, 9.17) is 4.74 Å². The molecule has 1 aliphatic heterocycles. The molecule has 0 radical (unpaired) electrons. The molecule has 0 aliphatic carbocycles. The van der Waals surface area contributed by atoms with Crippen molar-refractivity contribution in [1.82, 2.24) is 14.9 Å². The molecular formula is C31H31FN4O3. The molecule has 1 aliphatic rings. The van der Waals surface area contributed by atoms with Gasteiger partial charge in [-0.05, 0) is 85.7 Å². The topological polar surface area (TPSA) is 87.3 Å². The van der Waals surface area contributed by atoms with Crippen LogP contribution in [0.25, 0.3) is 0 Å². The van der Waals surface area contributed by atoms with Crippen molar-refractivity contribution in [3.63, 3.8) is 0 Å². The number of nitrogens with zero attached hydrogens (tertiary/aromatic N) is 2. The van der Waals surface area contributed by atoms with Gasteiger partial charge in [0.15, 0.2) is 0 Å². The molecule has 0 bridgehead atoms. The Morgan fingerprint density at radius 2 is 1.72 bits per heavy atom. The van der Waals surface area contributed by atoms with Crippen molar-refractivity contribution < 1.29 is 18.7 Å². The summed E-state index contributed by atoms with van der Waals surface area (Å²) in [5, 5.41) is 2.97. The van der Waals surface area contributed by atoms with Crippen LogP contribution in [0.4, 0.5) is 10.1 Å². The third kappa shape index (κ3) is 7.10. The number of carbonyl (C=O) groups is 2. The van der Waals surface area contributed by atoms with Crippen molar-refractivity contribution in [1.29, 1.82) is 0 Å². The molecular weight excluding hydrogens is 495 g/mol. The van der Waals surface area contributed by atoms with Crippen molar-refractivity contribution >= 4 is 17.5 Å². The van der Waals surface area contributed by atoms with Crippen LogP contribution < -0.4 is 10.1 Å². The molecule has 2 heterocycles. The van der Waals surface area contributed by atoms with Crippen LogP contribution in [0.15, 0.2) is 91.4 Å². The van der Waals surface area contributed by atoms with E-state index in [1.165, 1.54) is 17.7 Å². The summed E-state index contributed by atoms with van der Waals surface area (Å²) in [5.41, 5.74) is 2.63. The summed E-state index contributed by atoms with van der Waals surface area (Å²) in [4.78, 5) is 35.3. The highest BCUT2D eigenvalue weighted by molar-refractivity contribution is 5.97. The Labute approximate surface area is 227 Å². The van der Waals surface area contributed by atoms with Gasteiger partial charge in [-0.15, -0.1) is 0 Å². The number of anilines is 1. The maximum absolute atomic E-state index is 13.4. The number of imidazole rings is 1. The minimum absolute atomic E-state index is 0.0898. The number of likely N-dealkylation sites (tertiary alicyclic amines) is 1. The van der Waals surface area contributed by atoms with Gasteiger partial charge in [-0.25, -0.2) is 9.37 Å². The number of rotatable bonds is 10. The van der Waals surface area contributed by atoms with E-state index in [1.54, 1.807) is 53.8 Å². The second-order valence-electron chi connectivity index (χ2n) is 9.86. The maximum Gasteiger partial charge on any atom is 0.247 e. The third-order valence-corrected chi connectivity index (χ3v) is 7.00. The summed E-state index contributed by atoms with van der Waals surface area (Å²) < 4.78 is 18.9. The lowest BCUT2D eigenvalue weighted by molar-refractivity contribution is -0.136. The predicted molar refractivity (Wildman–Crippen MR) is 147 cm³/mol. The van der Waals surface area contributed by atoms with Crippen LogP contribution in [-0.4, -0.2) is 39.3 Å². The second kappa shape index (κ2) is 12.4.